The number of hydrogen-bond acceptors (Lipinski definition) is 8. The molecule has 10 nitrogen and oxygen atoms in total. The lowest BCUT2D eigenvalue weighted by Gasteiger charge is -2.12. The Morgan fingerprint density at radius 2 is 1.46 bits per heavy atom. The van der Waals surface area contributed by atoms with Crippen molar-refractivity contribution in [1.82, 2.24) is 5.43 Å². The van der Waals surface area contributed by atoms with Gasteiger partial charge in [0.15, 0.2) is 11.5 Å². The first-order chi connectivity index (χ1) is 17.8. The maximum absolute atomic E-state index is 12.6. The maximum atomic E-state index is 12.6. The molecule has 3 rings (SSSR count). The SMILES string of the molecule is COc1ccc(Cl)cc1NC(=O)C(=O)N/N=C(\C)c1ccc(OC(=O)c2ccccc2OC)c(OC)c1. The van der Waals surface area contributed by atoms with Gasteiger partial charge in [-0.2, -0.15) is 5.10 Å². The van der Waals surface area contributed by atoms with Crippen LogP contribution in [-0.2, 0) is 9.59 Å². The van der Waals surface area contributed by atoms with Crippen LogP contribution in [0.3, 0.4) is 0 Å². The molecule has 11 heteroatoms. The van der Waals surface area contributed by atoms with Gasteiger partial charge in [-0.25, -0.2) is 10.2 Å². The molecular weight excluding hydrogens is 502 g/mol. The van der Waals surface area contributed by atoms with Crippen LogP contribution in [0.1, 0.15) is 22.8 Å². The van der Waals surface area contributed by atoms with Crippen molar-refractivity contribution in [1.29, 1.82) is 0 Å². The van der Waals surface area contributed by atoms with E-state index in [1.165, 1.54) is 33.5 Å². The van der Waals surface area contributed by atoms with Gasteiger partial charge in [0.25, 0.3) is 0 Å². The molecule has 0 aliphatic carbocycles. The highest BCUT2D eigenvalue weighted by Gasteiger charge is 2.18. The molecule has 0 aliphatic heterocycles. The number of halogens is 1. The summed E-state index contributed by atoms with van der Waals surface area (Å²) in [6.45, 7) is 1.62. The summed E-state index contributed by atoms with van der Waals surface area (Å²) >= 11 is 5.94. The summed E-state index contributed by atoms with van der Waals surface area (Å²) in [5.41, 5.74) is 3.60. The molecule has 0 aromatic heterocycles. The third kappa shape index (κ3) is 6.77. The van der Waals surface area contributed by atoms with Gasteiger partial charge in [-0.3, -0.25) is 9.59 Å². The highest BCUT2D eigenvalue weighted by atomic mass is 35.5. The largest absolute Gasteiger partial charge is 0.496 e. The lowest BCUT2D eigenvalue weighted by Crippen LogP contribution is -2.33. The monoisotopic (exact) mass is 525 g/mol. The fraction of sp³-hybridized carbons (Fsp3) is 0.154. The molecular formula is C26H24ClN3O7. The Balaban J connectivity index is 1.70. The minimum Gasteiger partial charge on any atom is -0.496 e. The van der Waals surface area contributed by atoms with E-state index in [1.54, 1.807) is 55.5 Å². The minimum absolute atomic E-state index is 0.175. The fourth-order valence-electron chi connectivity index (χ4n) is 3.15. The van der Waals surface area contributed by atoms with Gasteiger partial charge >= 0.3 is 17.8 Å². The number of nitrogens with zero attached hydrogens (tertiary/aromatic N) is 1. The van der Waals surface area contributed by atoms with Gasteiger partial charge in [-0.05, 0) is 55.5 Å². The van der Waals surface area contributed by atoms with Gasteiger partial charge in [0.05, 0.1) is 32.7 Å². The second-order valence-electron chi connectivity index (χ2n) is 7.39. The van der Waals surface area contributed by atoms with Gasteiger partial charge in [-0.1, -0.05) is 23.7 Å². The molecule has 2 N–H and O–H groups in total. The summed E-state index contributed by atoms with van der Waals surface area (Å²) < 4.78 is 21.2. The molecule has 0 heterocycles. The van der Waals surface area contributed by atoms with E-state index < -0.39 is 17.8 Å². The molecule has 3 aromatic rings. The number of esters is 1. The number of amides is 2. The number of benzene rings is 3. The molecule has 192 valence electrons. The first-order valence-electron chi connectivity index (χ1n) is 10.8. The third-order valence-electron chi connectivity index (χ3n) is 5.05. The van der Waals surface area contributed by atoms with Crippen molar-refractivity contribution in [3.8, 4) is 23.0 Å². The summed E-state index contributed by atoms with van der Waals surface area (Å²) in [6, 6.07) is 16.0. The van der Waals surface area contributed by atoms with Crippen LogP contribution >= 0.6 is 11.6 Å². The molecule has 0 unspecified atom stereocenters. The van der Waals surface area contributed by atoms with Gasteiger partial charge < -0.3 is 24.3 Å². The quantitative estimate of drug-likeness (QED) is 0.149. The zero-order chi connectivity index (χ0) is 26.9. The van der Waals surface area contributed by atoms with Crippen LogP contribution in [-0.4, -0.2) is 44.8 Å². The lowest BCUT2D eigenvalue weighted by atomic mass is 10.1. The van der Waals surface area contributed by atoms with Crippen LogP contribution in [0, 0.1) is 0 Å². The average Bonchev–Trinajstić information content (AvgIpc) is 2.91. The highest BCUT2D eigenvalue weighted by molar-refractivity contribution is 6.40. The predicted molar refractivity (Wildman–Crippen MR) is 138 cm³/mol. The Kier molecular flexibility index (Phi) is 9.06. The van der Waals surface area contributed by atoms with E-state index in [0.29, 0.717) is 27.8 Å². The van der Waals surface area contributed by atoms with Crippen molar-refractivity contribution in [2.75, 3.05) is 26.6 Å². The number of ether oxygens (including phenoxy) is 4. The Morgan fingerprint density at radius 3 is 2.16 bits per heavy atom. The molecule has 0 atom stereocenters. The number of nitrogens with one attached hydrogen (secondary N) is 2. The van der Waals surface area contributed by atoms with Crippen molar-refractivity contribution in [2.24, 2.45) is 5.10 Å². The van der Waals surface area contributed by atoms with E-state index in [2.05, 4.69) is 15.8 Å². The summed E-state index contributed by atoms with van der Waals surface area (Å²) in [7, 11) is 4.30. The summed E-state index contributed by atoms with van der Waals surface area (Å²) in [4.78, 5) is 37.2. The fourth-order valence-corrected chi connectivity index (χ4v) is 3.32. The zero-order valence-corrected chi connectivity index (χ0v) is 21.2. The van der Waals surface area contributed by atoms with Gasteiger partial charge in [0.1, 0.15) is 17.1 Å². The molecule has 0 saturated heterocycles. The van der Waals surface area contributed by atoms with E-state index >= 15 is 0 Å². The van der Waals surface area contributed by atoms with Gasteiger partial charge in [-0.15, -0.1) is 0 Å². The molecule has 0 radical (unpaired) electrons. The van der Waals surface area contributed by atoms with Crippen molar-refractivity contribution in [3.05, 3.63) is 76.8 Å². The molecule has 0 bridgehead atoms. The third-order valence-corrected chi connectivity index (χ3v) is 5.29. The zero-order valence-electron chi connectivity index (χ0n) is 20.5. The number of rotatable bonds is 8. The summed E-state index contributed by atoms with van der Waals surface area (Å²) in [5.74, 6) is -1.45. The molecule has 0 aliphatic rings. The predicted octanol–water partition coefficient (Wildman–Crippen LogP) is 4.06. The number of carbonyl (C=O) groups is 3. The molecule has 0 fully saturated rings. The normalized spacial score (nSPS) is 10.8. The standard InChI is InChI=1S/C26H24ClN3O7/c1-15(29-30-25(32)24(31)28-19-14-17(27)10-12-21(19)35-3)16-9-11-22(23(13-16)36-4)37-26(33)18-7-5-6-8-20(18)34-2/h5-14H,1-4H3,(H,28,31)(H,30,32)/b29-15+. The molecule has 2 amide bonds. The van der Waals surface area contributed by atoms with E-state index in [9.17, 15) is 14.4 Å². The van der Waals surface area contributed by atoms with Crippen LogP contribution in [0.4, 0.5) is 5.69 Å². The second-order valence-corrected chi connectivity index (χ2v) is 7.83. The van der Waals surface area contributed by atoms with E-state index in [-0.39, 0.29) is 22.7 Å². The van der Waals surface area contributed by atoms with E-state index in [4.69, 9.17) is 30.5 Å². The first kappa shape index (κ1) is 27.0. The Labute approximate surface area is 218 Å². The average molecular weight is 526 g/mol. The van der Waals surface area contributed by atoms with Crippen LogP contribution in [0.2, 0.25) is 5.02 Å². The number of carbonyl (C=O) groups excluding carboxylic acids is 3. The minimum atomic E-state index is -1.00. The van der Waals surface area contributed by atoms with Gasteiger partial charge in [0.2, 0.25) is 0 Å². The Hall–Kier alpha value is -4.57. The molecule has 3 aromatic carbocycles. The van der Waals surface area contributed by atoms with Crippen molar-refractivity contribution in [3.63, 3.8) is 0 Å². The van der Waals surface area contributed by atoms with Crippen LogP contribution < -0.4 is 29.7 Å². The van der Waals surface area contributed by atoms with Crippen LogP contribution in [0.15, 0.2) is 65.8 Å². The smallest absolute Gasteiger partial charge is 0.347 e. The number of anilines is 1. The van der Waals surface area contributed by atoms with Crippen molar-refractivity contribution >= 4 is 40.8 Å². The number of methoxy groups -OCH3 is 3. The summed E-state index contributed by atoms with van der Waals surface area (Å²) in [6.07, 6.45) is 0. The first-order valence-corrected chi connectivity index (χ1v) is 11.2. The lowest BCUT2D eigenvalue weighted by molar-refractivity contribution is -0.136. The van der Waals surface area contributed by atoms with Crippen LogP contribution in [0.5, 0.6) is 23.0 Å². The van der Waals surface area contributed by atoms with E-state index in [0.717, 1.165) is 0 Å². The molecule has 0 saturated carbocycles. The van der Waals surface area contributed by atoms with Crippen molar-refractivity contribution in [2.45, 2.75) is 6.92 Å². The molecule has 0 spiro atoms. The summed E-state index contributed by atoms with van der Waals surface area (Å²) in [5, 5.41) is 6.75. The number of para-hydroxylation sites is 1. The maximum Gasteiger partial charge on any atom is 0.347 e. The van der Waals surface area contributed by atoms with Crippen molar-refractivity contribution < 1.29 is 33.3 Å². The molecule has 37 heavy (non-hydrogen) atoms. The van der Waals surface area contributed by atoms with E-state index in [1.807, 2.05) is 0 Å². The Morgan fingerprint density at radius 1 is 0.784 bits per heavy atom. The topological polar surface area (TPSA) is 125 Å². The van der Waals surface area contributed by atoms with Crippen LogP contribution in [0.25, 0.3) is 0 Å². The number of hydrogen-bond donors (Lipinski definition) is 2. The Bertz CT molecular complexity index is 1360. The second kappa shape index (κ2) is 12.4. The van der Waals surface area contributed by atoms with Gasteiger partial charge in [0, 0.05) is 10.6 Å². The highest BCUT2D eigenvalue weighted by Crippen LogP contribution is 2.30. The number of hydrazone groups is 1.